The predicted molar refractivity (Wildman–Crippen MR) is 60.3 cm³/mol. The number of fused-ring (bicyclic) bond motifs is 1. The third-order valence-corrected chi connectivity index (χ3v) is 2.41. The van der Waals surface area contributed by atoms with Crippen molar-refractivity contribution < 1.29 is 23.1 Å². The largest absolute Gasteiger partial charge is 0.507 e. The first-order valence-corrected chi connectivity index (χ1v) is 4.98. The van der Waals surface area contributed by atoms with E-state index >= 15 is 0 Å². The minimum Gasteiger partial charge on any atom is -0.507 e. The molecule has 2 rings (SSSR count). The number of carbonyl (C=O) groups excluding carboxylic acids is 1. The maximum Gasteiger partial charge on any atom is 0.471 e. The summed E-state index contributed by atoms with van der Waals surface area (Å²) in [5, 5.41) is 12.0. The second kappa shape index (κ2) is 4.21. The fourth-order valence-corrected chi connectivity index (χ4v) is 1.59. The first-order valence-electron chi connectivity index (χ1n) is 4.98. The molecule has 0 spiro atoms. The Bertz CT molecular complexity index is 608. The lowest BCUT2D eigenvalue weighted by atomic mass is 10.1. The Morgan fingerprint density at radius 1 is 1.06 bits per heavy atom. The zero-order valence-corrected chi connectivity index (χ0v) is 8.95. The third-order valence-electron chi connectivity index (χ3n) is 2.41. The summed E-state index contributed by atoms with van der Waals surface area (Å²) in [4.78, 5) is 10.9. The van der Waals surface area contributed by atoms with Crippen LogP contribution in [0.2, 0.25) is 0 Å². The van der Waals surface area contributed by atoms with Gasteiger partial charge in [0.15, 0.2) is 0 Å². The average Bonchev–Trinajstić information content (AvgIpc) is 2.32. The van der Waals surface area contributed by atoms with Crippen LogP contribution in [0.15, 0.2) is 36.4 Å². The van der Waals surface area contributed by atoms with E-state index in [0.29, 0.717) is 10.8 Å². The maximum absolute atomic E-state index is 12.2. The number of hydrogen-bond acceptors (Lipinski definition) is 2. The van der Waals surface area contributed by atoms with Crippen LogP contribution >= 0.6 is 0 Å². The van der Waals surface area contributed by atoms with Crippen molar-refractivity contribution in [3.05, 3.63) is 36.4 Å². The lowest BCUT2D eigenvalue weighted by Gasteiger charge is -2.11. The van der Waals surface area contributed by atoms with Gasteiger partial charge in [-0.25, -0.2) is 0 Å². The highest BCUT2D eigenvalue weighted by atomic mass is 19.4. The van der Waals surface area contributed by atoms with Crippen molar-refractivity contribution in [2.75, 3.05) is 5.32 Å². The molecule has 0 unspecified atom stereocenters. The first-order chi connectivity index (χ1) is 8.39. The number of phenolic OH excluding ortho intramolecular Hbond substituents is 1. The molecule has 18 heavy (non-hydrogen) atoms. The zero-order chi connectivity index (χ0) is 13.3. The number of halogens is 3. The summed E-state index contributed by atoms with van der Waals surface area (Å²) in [5.41, 5.74) is 0.00530. The van der Waals surface area contributed by atoms with E-state index in [1.165, 1.54) is 18.2 Å². The van der Waals surface area contributed by atoms with Crippen molar-refractivity contribution in [2.45, 2.75) is 6.18 Å². The van der Waals surface area contributed by atoms with Crippen LogP contribution in [0.5, 0.6) is 5.75 Å². The number of benzene rings is 2. The Kier molecular flexibility index (Phi) is 2.86. The van der Waals surface area contributed by atoms with E-state index in [-0.39, 0.29) is 11.4 Å². The van der Waals surface area contributed by atoms with Crippen molar-refractivity contribution in [1.82, 2.24) is 0 Å². The van der Waals surface area contributed by atoms with Crippen molar-refractivity contribution in [1.29, 1.82) is 0 Å². The Hall–Kier alpha value is -2.24. The predicted octanol–water partition coefficient (Wildman–Crippen LogP) is 3.05. The molecule has 2 N–H and O–H groups in total. The van der Waals surface area contributed by atoms with Gasteiger partial charge in [0.2, 0.25) is 0 Å². The molecule has 2 aromatic rings. The van der Waals surface area contributed by atoms with Crippen molar-refractivity contribution in [3.8, 4) is 5.75 Å². The molecule has 0 saturated carbocycles. The molecule has 0 aromatic heterocycles. The van der Waals surface area contributed by atoms with Crippen LogP contribution in [0.25, 0.3) is 10.8 Å². The standard InChI is InChI=1S/C12H8F3NO2/c13-12(14,15)11(18)16-9-5-6-10(17)8-4-2-1-3-7(8)9/h1-6,17H,(H,16,18). The van der Waals surface area contributed by atoms with E-state index in [9.17, 15) is 23.1 Å². The summed E-state index contributed by atoms with van der Waals surface area (Å²) in [6.45, 7) is 0. The SMILES string of the molecule is O=C(Nc1ccc(O)c2ccccc12)C(F)(F)F. The monoisotopic (exact) mass is 255 g/mol. The van der Waals surface area contributed by atoms with Crippen molar-refractivity contribution in [2.24, 2.45) is 0 Å². The topological polar surface area (TPSA) is 49.3 Å². The lowest BCUT2D eigenvalue weighted by molar-refractivity contribution is -0.167. The van der Waals surface area contributed by atoms with Gasteiger partial charge < -0.3 is 10.4 Å². The summed E-state index contributed by atoms with van der Waals surface area (Å²) in [6, 6.07) is 8.76. The normalized spacial score (nSPS) is 11.5. The van der Waals surface area contributed by atoms with E-state index < -0.39 is 12.1 Å². The summed E-state index contributed by atoms with van der Waals surface area (Å²) in [7, 11) is 0. The molecule has 0 aliphatic carbocycles. The number of anilines is 1. The average molecular weight is 255 g/mol. The molecule has 0 bridgehead atoms. The van der Waals surface area contributed by atoms with E-state index in [0.717, 1.165) is 0 Å². The van der Waals surface area contributed by atoms with Gasteiger partial charge in [0, 0.05) is 16.5 Å². The first kappa shape index (κ1) is 12.2. The third kappa shape index (κ3) is 2.22. The second-order valence-electron chi connectivity index (χ2n) is 3.63. The quantitative estimate of drug-likeness (QED) is 0.769. The molecule has 6 heteroatoms. The maximum atomic E-state index is 12.2. The summed E-state index contributed by atoms with van der Waals surface area (Å²) in [5.74, 6) is -2.10. The smallest absolute Gasteiger partial charge is 0.471 e. The molecule has 0 saturated heterocycles. The molecular weight excluding hydrogens is 247 g/mol. The van der Waals surface area contributed by atoms with E-state index in [1.54, 1.807) is 23.5 Å². The van der Waals surface area contributed by atoms with Crippen LogP contribution in [0, 0.1) is 0 Å². The minimum absolute atomic E-state index is 0.00530. The Balaban J connectivity index is 2.47. The number of nitrogens with one attached hydrogen (secondary N) is 1. The molecular formula is C12H8F3NO2. The summed E-state index contributed by atoms with van der Waals surface area (Å²) < 4.78 is 36.5. The minimum atomic E-state index is -4.95. The number of rotatable bonds is 1. The lowest BCUT2D eigenvalue weighted by Crippen LogP contribution is -2.29. The van der Waals surface area contributed by atoms with Crippen LogP contribution in [0.1, 0.15) is 0 Å². The van der Waals surface area contributed by atoms with Gasteiger partial charge in [-0.3, -0.25) is 4.79 Å². The van der Waals surface area contributed by atoms with Crippen LogP contribution in [-0.2, 0) is 4.79 Å². The molecule has 0 aliphatic rings. The number of phenols is 1. The number of carbonyl (C=O) groups is 1. The highest BCUT2D eigenvalue weighted by Crippen LogP contribution is 2.31. The number of aromatic hydroxyl groups is 1. The van der Waals surface area contributed by atoms with E-state index in [4.69, 9.17) is 0 Å². The zero-order valence-electron chi connectivity index (χ0n) is 8.95. The van der Waals surface area contributed by atoms with Gasteiger partial charge in [0.05, 0.1) is 0 Å². The molecule has 0 fully saturated rings. The molecule has 0 radical (unpaired) electrons. The van der Waals surface area contributed by atoms with Gasteiger partial charge >= 0.3 is 12.1 Å². The van der Waals surface area contributed by atoms with Gasteiger partial charge in [0.25, 0.3) is 0 Å². The number of hydrogen-bond donors (Lipinski definition) is 2. The second-order valence-corrected chi connectivity index (χ2v) is 3.63. The summed E-state index contributed by atoms with van der Waals surface area (Å²) in [6.07, 6.45) is -4.95. The molecule has 0 aliphatic heterocycles. The Morgan fingerprint density at radius 3 is 2.28 bits per heavy atom. The van der Waals surface area contributed by atoms with Gasteiger partial charge in [-0.2, -0.15) is 13.2 Å². The van der Waals surface area contributed by atoms with Gasteiger partial charge in [0.1, 0.15) is 5.75 Å². The Morgan fingerprint density at radius 2 is 1.67 bits per heavy atom. The van der Waals surface area contributed by atoms with Crippen molar-refractivity contribution >= 4 is 22.4 Å². The summed E-state index contributed by atoms with van der Waals surface area (Å²) >= 11 is 0. The fraction of sp³-hybridized carbons (Fsp3) is 0.0833. The number of amides is 1. The van der Waals surface area contributed by atoms with Gasteiger partial charge in [-0.05, 0) is 12.1 Å². The van der Waals surface area contributed by atoms with Gasteiger partial charge in [-0.1, -0.05) is 24.3 Å². The highest BCUT2D eigenvalue weighted by Gasteiger charge is 2.38. The van der Waals surface area contributed by atoms with Crippen LogP contribution in [0.4, 0.5) is 18.9 Å². The number of alkyl halides is 3. The van der Waals surface area contributed by atoms with E-state index in [1.807, 2.05) is 0 Å². The molecule has 0 atom stereocenters. The molecule has 1 amide bonds. The molecule has 2 aromatic carbocycles. The molecule has 94 valence electrons. The van der Waals surface area contributed by atoms with E-state index in [2.05, 4.69) is 0 Å². The fourth-order valence-electron chi connectivity index (χ4n) is 1.59. The van der Waals surface area contributed by atoms with Gasteiger partial charge in [-0.15, -0.1) is 0 Å². The van der Waals surface area contributed by atoms with Crippen LogP contribution < -0.4 is 5.32 Å². The molecule has 0 heterocycles. The highest BCUT2D eigenvalue weighted by molar-refractivity contribution is 6.05. The van der Waals surface area contributed by atoms with Crippen LogP contribution in [0.3, 0.4) is 0 Å². The Labute approximate surface area is 99.8 Å². The van der Waals surface area contributed by atoms with Crippen molar-refractivity contribution in [3.63, 3.8) is 0 Å². The molecule has 3 nitrogen and oxygen atoms in total. The van der Waals surface area contributed by atoms with Crippen LogP contribution in [-0.4, -0.2) is 17.2 Å².